The summed E-state index contributed by atoms with van der Waals surface area (Å²) in [5.41, 5.74) is 1.13. The van der Waals surface area contributed by atoms with E-state index in [1.807, 2.05) is 18.2 Å². The first-order chi connectivity index (χ1) is 14.8. The van der Waals surface area contributed by atoms with Crippen molar-refractivity contribution in [3.63, 3.8) is 0 Å². The van der Waals surface area contributed by atoms with E-state index in [4.69, 9.17) is 4.74 Å². The van der Waals surface area contributed by atoms with Crippen LogP contribution in [0.5, 0.6) is 0 Å². The molecule has 1 amide bonds. The van der Waals surface area contributed by atoms with Crippen LogP contribution in [0.1, 0.15) is 37.0 Å². The van der Waals surface area contributed by atoms with Gasteiger partial charge in [0.2, 0.25) is 0 Å². The number of anilines is 1. The molecule has 0 bridgehead atoms. The van der Waals surface area contributed by atoms with E-state index in [2.05, 4.69) is 20.9 Å². The Morgan fingerprint density at radius 2 is 2.10 bits per heavy atom. The number of carbonyl (C=O) groups is 1. The van der Waals surface area contributed by atoms with E-state index in [1.54, 1.807) is 30.9 Å². The Morgan fingerprint density at radius 1 is 1.29 bits per heavy atom. The third kappa shape index (κ3) is 4.69. The molecule has 1 fully saturated rings. The molecule has 0 saturated carbocycles. The number of hydrogen-bond donors (Lipinski definition) is 0. The van der Waals surface area contributed by atoms with Gasteiger partial charge < -0.3 is 4.74 Å². The minimum Gasteiger partial charge on any atom is -0.376 e. The van der Waals surface area contributed by atoms with E-state index >= 15 is 0 Å². The van der Waals surface area contributed by atoms with Gasteiger partial charge in [0, 0.05) is 16.6 Å². The number of sulfone groups is 1. The molecule has 1 aromatic heterocycles. The summed E-state index contributed by atoms with van der Waals surface area (Å²) >= 11 is 4.91. The highest BCUT2D eigenvalue weighted by Crippen LogP contribution is 2.33. The molecule has 1 unspecified atom stereocenters. The van der Waals surface area contributed by atoms with Crippen molar-refractivity contribution in [2.24, 2.45) is 0 Å². The number of fused-ring (bicyclic) bond motifs is 1. The van der Waals surface area contributed by atoms with E-state index < -0.39 is 15.1 Å². The number of nitrogens with zero attached hydrogens (tertiary/aromatic N) is 2. The van der Waals surface area contributed by atoms with E-state index in [9.17, 15) is 13.2 Å². The predicted octanol–water partition coefficient (Wildman–Crippen LogP) is 5.07. The maximum absolute atomic E-state index is 13.6. The highest BCUT2D eigenvalue weighted by Gasteiger charge is 2.28. The van der Waals surface area contributed by atoms with Crippen LogP contribution in [0.4, 0.5) is 5.13 Å². The highest BCUT2D eigenvalue weighted by molar-refractivity contribution is 9.10. The smallest absolute Gasteiger partial charge is 0.260 e. The van der Waals surface area contributed by atoms with Crippen molar-refractivity contribution < 1.29 is 17.9 Å². The fourth-order valence-electron chi connectivity index (χ4n) is 3.48. The molecular weight excluding hydrogens is 500 g/mol. The number of carbonyl (C=O) groups excluding carboxylic acids is 1. The molecule has 3 aromatic rings. The first-order valence-corrected chi connectivity index (χ1v) is 13.2. The fraction of sp³-hybridized carbons (Fsp3) is 0.364. The molecule has 4 rings (SSSR count). The van der Waals surface area contributed by atoms with Gasteiger partial charge in [-0.2, -0.15) is 0 Å². The lowest BCUT2D eigenvalue weighted by Crippen LogP contribution is -2.37. The zero-order valence-electron chi connectivity index (χ0n) is 17.2. The zero-order valence-corrected chi connectivity index (χ0v) is 20.5. The summed E-state index contributed by atoms with van der Waals surface area (Å²) in [4.78, 5) is 20.0. The lowest BCUT2D eigenvalue weighted by atomic mass is 10.2. The molecule has 0 spiro atoms. The number of hydrogen-bond acceptors (Lipinski definition) is 6. The van der Waals surface area contributed by atoms with Crippen molar-refractivity contribution in [2.75, 3.05) is 18.1 Å². The molecule has 6 nitrogen and oxygen atoms in total. The molecule has 9 heteroatoms. The van der Waals surface area contributed by atoms with Gasteiger partial charge in [-0.3, -0.25) is 9.69 Å². The number of thiazole rings is 1. The van der Waals surface area contributed by atoms with Crippen LogP contribution in [0, 0.1) is 0 Å². The second-order valence-corrected chi connectivity index (χ2v) is 12.2. The number of benzene rings is 2. The Morgan fingerprint density at radius 3 is 2.81 bits per heavy atom. The van der Waals surface area contributed by atoms with Gasteiger partial charge in [-0.25, -0.2) is 13.4 Å². The maximum Gasteiger partial charge on any atom is 0.260 e. The molecule has 1 saturated heterocycles. The number of rotatable bonds is 6. The summed E-state index contributed by atoms with van der Waals surface area (Å²) in [6.45, 7) is 4.32. The van der Waals surface area contributed by atoms with Crippen molar-refractivity contribution in [1.82, 2.24) is 4.98 Å². The van der Waals surface area contributed by atoms with Crippen LogP contribution < -0.4 is 4.90 Å². The van der Waals surface area contributed by atoms with Gasteiger partial charge in [0.1, 0.15) is 0 Å². The van der Waals surface area contributed by atoms with Gasteiger partial charge in [0.25, 0.3) is 5.91 Å². The van der Waals surface area contributed by atoms with Gasteiger partial charge in [-0.15, -0.1) is 0 Å². The van der Waals surface area contributed by atoms with Crippen molar-refractivity contribution in [3.05, 3.63) is 52.5 Å². The minimum atomic E-state index is -3.48. The van der Waals surface area contributed by atoms with E-state index in [1.165, 1.54) is 23.5 Å². The maximum atomic E-state index is 13.6. The number of aromatic nitrogens is 1. The number of amides is 1. The minimum absolute atomic E-state index is 0.0646. The largest absolute Gasteiger partial charge is 0.376 e. The molecule has 164 valence electrons. The Balaban J connectivity index is 1.73. The summed E-state index contributed by atoms with van der Waals surface area (Å²) < 4.78 is 32.9. The van der Waals surface area contributed by atoms with Crippen LogP contribution in [0.15, 0.2) is 51.8 Å². The quantitative estimate of drug-likeness (QED) is 0.451. The van der Waals surface area contributed by atoms with E-state index in [0.717, 1.165) is 27.5 Å². The second kappa shape index (κ2) is 8.97. The number of ether oxygens (including phenoxy) is 1. The standard InChI is InChI=1S/C22H23BrN2O4S2/c1-14(2)31(27,28)18-7-3-5-15(11-18)21(26)25(13-17-6-4-10-29-17)22-24-19-9-8-16(23)12-20(19)30-22/h3,5,7-9,11-12,14,17H,4,6,10,13H2,1-2H3. The molecule has 0 N–H and O–H groups in total. The summed E-state index contributed by atoms with van der Waals surface area (Å²) in [6, 6.07) is 12.1. The molecule has 31 heavy (non-hydrogen) atoms. The molecular formula is C22H23BrN2O4S2. The van der Waals surface area contributed by atoms with E-state index in [-0.39, 0.29) is 16.9 Å². The average Bonchev–Trinajstić information content (AvgIpc) is 3.40. The van der Waals surface area contributed by atoms with Gasteiger partial charge in [0.15, 0.2) is 15.0 Å². The summed E-state index contributed by atoms with van der Waals surface area (Å²) in [7, 11) is -3.48. The summed E-state index contributed by atoms with van der Waals surface area (Å²) in [5.74, 6) is -0.283. The van der Waals surface area contributed by atoms with Crippen molar-refractivity contribution in [3.8, 4) is 0 Å². The Hall–Kier alpha value is -1.81. The lowest BCUT2D eigenvalue weighted by Gasteiger charge is -2.23. The number of halogens is 1. The molecule has 1 aliphatic heterocycles. The third-order valence-electron chi connectivity index (χ3n) is 5.26. The predicted molar refractivity (Wildman–Crippen MR) is 127 cm³/mol. The van der Waals surface area contributed by atoms with Crippen LogP contribution in [-0.4, -0.2) is 43.8 Å². The fourth-order valence-corrected chi connectivity index (χ4v) is 6.10. The SMILES string of the molecule is CC(C)S(=O)(=O)c1cccc(C(=O)N(CC2CCCO2)c2nc3ccc(Br)cc3s2)c1. The van der Waals surface area contributed by atoms with Crippen LogP contribution in [-0.2, 0) is 14.6 Å². The van der Waals surface area contributed by atoms with E-state index in [0.29, 0.717) is 23.8 Å². The topological polar surface area (TPSA) is 76.6 Å². The Kier molecular flexibility index (Phi) is 6.48. The van der Waals surface area contributed by atoms with Crippen LogP contribution in [0.2, 0.25) is 0 Å². The molecule has 0 aliphatic carbocycles. The molecule has 1 aliphatic rings. The van der Waals surface area contributed by atoms with Gasteiger partial charge in [0.05, 0.1) is 33.0 Å². The van der Waals surface area contributed by atoms with Crippen molar-refractivity contribution in [1.29, 1.82) is 0 Å². The Bertz CT molecular complexity index is 1220. The molecule has 1 atom stereocenters. The summed E-state index contributed by atoms with van der Waals surface area (Å²) in [6.07, 6.45) is 1.77. The second-order valence-electron chi connectivity index (χ2n) is 7.78. The van der Waals surface area contributed by atoms with Crippen LogP contribution in [0.3, 0.4) is 0 Å². The normalized spacial score (nSPS) is 16.8. The van der Waals surface area contributed by atoms with Gasteiger partial charge >= 0.3 is 0 Å². The zero-order chi connectivity index (χ0) is 22.2. The first-order valence-electron chi connectivity index (χ1n) is 10.1. The molecule has 0 radical (unpaired) electrons. The van der Waals surface area contributed by atoms with Crippen LogP contribution >= 0.6 is 27.3 Å². The lowest BCUT2D eigenvalue weighted by molar-refractivity contribution is 0.0917. The third-order valence-corrected chi connectivity index (χ3v) is 8.94. The molecule has 2 heterocycles. The Labute approximate surface area is 194 Å². The van der Waals surface area contributed by atoms with Crippen LogP contribution in [0.25, 0.3) is 10.2 Å². The van der Waals surface area contributed by atoms with Crippen molar-refractivity contribution >= 4 is 58.4 Å². The van der Waals surface area contributed by atoms with Gasteiger partial charge in [-0.05, 0) is 63.1 Å². The van der Waals surface area contributed by atoms with Gasteiger partial charge in [-0.1, -0.05) is 33.3 Å². The summed E-state index contributed by atoms with van der Waals surface area (Å²) in [5, 5.41) is 0.00859. The monoisotopic (exact) mass is 522 g/mol. The highest BCUT2D eigenvalue weighted by atomic mass is 79.9. The van der Waals surface area contributed by atoms with Crippen molar-refractivity contribution in [2.45, 2.75) is 42.9 Å². The molecule has 2 aromatic carbocycles. The average molecular weight is 523 g/mol. The first kappa shape index (κ1) is 22.4.